The van der Waals surface area contributed by atoms with Crippen molar-refractivity contribution in [1.29, 1.82) is 0 Å². The fourth-order valence-corrected chi connectivity index (χ4v) is 1.89. The number of hydrogen-bond donors (Lipinski definition) is 4. The molecule has 0 fully saturated rings. The van der Waals surface area contributed by atoms with E-state index in [0.29, 0.717) is 0 Å². The summed E-state index contributed by atoms with van der Waals surface area (Å²) in [6.45, 7) is 0. The van der Waals surface area contributed by atoms with Crippen LogP contribution in [0.1, 0.15) is 24.4 Å². The molecule has 1 aromatic rings. The molecule has 0 aliphatic heterocycles. The number of amides is 1. The van der Waals surface area contributed by atoms with Gasteiger partial charge in [0, 0.05) is 17.0 Å². The number of carbonyl (C=O) groups excluding carboxylic acids is 1. The van der Waals surface area contributed by atoms with Crippen LogP contribution in [-0.2, 0) is 14.4 Å². The van der Waals surface area contributed by atoms with Crippen LogP contribution in [0.3, 0.4) is 0 Å². The summed E-state index contributed by atoms with van der Waals surface area (Å²) in [6, 6.07) is 3.75. The van der Waals surface area contributed by atoms with Gasteiger partial charge >= 0.3 is 11.9 Å². The molecule has 1 unspecified atom stereocenters. The van der Waals surface area contributed by atoms with Gasteiger partial charge < -0.3 is 21.3 Å². The molecule has 5 N–H and O–H groups in total. The summed E-state index contributed by atoms with van der Waals surface area (Å²) in [5, 5.41) is 20.2. The summed E-state index contributed by atoms with van der Waals surface area (Å²) < 4.78 is 0. The van der Waals surface area contributed by atoms with Crippen LogP contribution in [0, 0.1) is 0 Å². The van der Waals surface area contributed by atoms with Gasteiger partial charge in [-0.05, 0) is 12.5 Å². The van der Waals surface area contributed by atoms with Gasteiger partial charge in [0.05, 0.1) is 6.04 Å². The number of nitrogens with one attached hydrogen (secondary N) is 1. The van der Waals surface area contributed by atoms with Crippen molar-refractivity contribution in [2.75, 3.05) is 0 Å². The third-order valence-corrected chi connectivity index (χ3v) is 3.10. The Hall–Kier alpha value is -2.12. The molecule has 1 aromatic carbocycles. The van der Waals surface area contributed by atoms with Gasteiger partial charge in [0.25, 0.3) is 0 Å². The van der Waals surface area contributed by atoms with Crippen LogP contribution in [0.5, 0.6) is 0 Å². The lowest BCUT2D eigenvalue weighted by Gasteiger charge is -2.18. The zero-order chi connectivity index (χ0) is 16.0. The molecule has 8 heteroatoms. The van der Waals surface area contributed by atoms with Crippen molar-refractivity contribution < 1.29 is 24.6 Å². The molecule has 1 rings (SSSR count). The number of halogens is 1. The molecule has 1 amide bonds. The van der Waals surface area contributed by atoms with Gasteiger partial charge in [0.2, 0.25) is 5.91 Å². The third kappa shape index (κ3) is 5.05. The van der Waals surface area contributed by atoms with Crippen molar-refractivity contribution in [2.45, 2.75) is 24.9 Å². The normalized spacial score (nSPS) is 13.2. The maximum atomic E-state index is 11.8. The Morgan fingerprint density at radius 2 is 1.86 bits per heavy atom. The fraction of sp³-hybridized carbons (Fsp3) is 0.308. The van der Waals surface area contributed by atoms with E-state index >= 15 is 0 Å². The topological polar surface area (TPSA) is 130 Å². The highest BCUT2D eigenvalue weighted by molar-refractivity contribution is 6.31. The molecule has 21 heavy (non-hydrogen) atoms. The van der Waals surface area contributed by atoms with E-state index in [4.69, 9.17) is 22.4 Å². The first kappa shape index (κ1) is 16.9. The summed E-state index contributed by atoms with van der Waals surface area (Å²) >= 11 is 5.91. The Kier molecular flexibility index (Phi) is 6.13. The third-order valence-electron chi connectivity index (χ3n) is 2.76. The molecule has 0 bridgehead atoms. The van der Waals surface area contributed by atoms with E-state index in [1.54, 1.807) is 12.1 Å². The Morgan fingerprint density at radius 3 is 2.38 bits per heavy atom. The molecule has 7 nitrogen and oxygen atoms in total. The maximum absolute atomic E-state index is 11.8. The average molecular weight is 315 g/mol. The number of rotatable bonds is 7. The molecule has 0 radical (unpaired) electrons. The van der Waals surface area contributed by atoms with Gasteiger partial charge in [-0.25, -0.2) is 4.79 Å². The van der Waals surface area contributed by atoms with E-state index in [9.17, 15) is 19.5 Å². The fourth-order valence-electron chi connectivity index (χ4n) is 1.64. The van der Waals surface area contributed by atoms with Gasteiger partial charge in [-0.15, -0.1) is 0 Å². The molecule has 0 aliphatic carbocycles. The zero-order valence-corrected chi connectivity index (χ0v) is 11.7. The van der Waals surface area contributed by atoms with Crippen molar-refractivity contribution >= 4 is 29.4 Å². The van der Waals surface area contributed by atoms with Gasteiger partial charge in [0.15, 0.2) is 6.04 Å². The van der Waals surface area contributed by atoms with Gasteiger partial charge in [-0.2, -0.15) is 0 Å². The second kappa shape index (κ2) is 7.61. The van der Waals surface area contributed by atoms with E-state index in [0.717, 1.165) is 0 Å². The summed E-state index contributed by atoms with van der Waals surface area (Å²) in [5.74, 6) is -3.12. The number of hydrogen-bond acceptors (Lipinski definition) is 4. The van der Waals surface area contributed by atoms with Crippen molar-refractivity contribution in [3.63, 3.8) is 0 Å². The molecule has 0 aliphatic rings. The largest absolute Gasteiger partial charge is 0.481 e. The smallest absolute Gasteiger partial charge is 0.330 e. The Morgan fingerprint density at radius 1 is 1.24 bits per heavy atom. The van der Waals surface area contributed by atoms with Crippen molar-refractivity contribution in [3.05, 3.63) is 34.9 Å². The molecule has 0 saturated carbocycles. The lowest BCUT2D eigenvalue weighted by molar-refractivity contribution is -0.142. The quantitative estimate of drug-likeness (QED) is 0.588. The Bertz CT molecular complexity index is 549. The molecule has 2 atom stereocenters. The number of benzene rings is 1. The Labute approximate surface area is 125 Å². The number of carboxylic acids is 2. The number of carboxylic acid groups (broad SMARTS) is 2. The second-order valence-electron chi connectivity index (χ2n) is 4.34. The van der Waals surface area contributed by atoms with Crippen molar-refractivity contribution in [2.24, 2.45) is 5.73 Å². The van der Waals surface area contributed by atoms with Crippen LogP contribution in [-0.4, -0.2) is 34.1 Å². The van der Waals surface area contributed by atoms with E-state index < -0.39 is 29.9 Å². The molecule has 0 spiro atoms. The van der Waals surface area contributed by atoms with Gasteiger partial charge in [0.1, 0.15) is 0 Å². The van der Waals surface area contributed by atoms with Gasteiger partial charge in [-0.3, -0.25) is 9.59 Å². The van der Waals surface area contributed by atoms with E-state index in [2.05, 4.69) is 5.32 Å². The first-order valence-electron chi connectivity index (χ1n) is 6.08. The average Bonchev–Trinajstić information content (AvgIpc) is 2.42. The lowest BCUT2D eigenvalue weighted by Crippen LogP contribution is -2.44. The first-order chi connectivity index (χ1) is 9.82. The highest BCUT2D eigenvalue weighted by Gasteiger charge is 2.26. The minimum Gasteiger partial charge on any atom is -0.481 e. The van der Waals surface area contributed by atoms with Crippen LogP contribution >= 0.6 is 11.6 Å². The first-order valence-corrected chi connectivity index (χ1v) is 6.45. The van der Waals surface area contributed by atoms with E-state index in [1.807, 2.05) is 0 Å². The van der Waals surface area contributed by atoms with Crippen LogP contribution < -0.4 is 11.1 Å². The zero-order valence-electron chi connectivity index (χ0n) is 11.0. The van der Waals surface area contributed by atoms with Crippen LogP contribution in [0.15, 0.2) is 24.3 Å². The van der Waals surface area contributed by atoms with E-state index in [-0.39, 0.29) is 23.4 Å². The molecule has 114 valence electrons. The standard InChI is InChI=1S/C13H15ClN2O5/c14-8-4-2-1-3-7(8)11(13(20)21)16-12(19)9(15)5-6-10(17)18/h1-4,9,11H,5-6,15H2,(H,16,19)(H,17,18)(H,20,21)/t9?,11-/m1/s1. The van der Waals surface area contributed by atoms with Crippen molar-refractivity contribution in [3.8, 4) is 0 Å². The highest BCUT2D eigenvalue weighted by Crippen LogP contribution is 2.23. The second-order valence-corrected chi connectivity index (χ2v) is 4.75. The summed E-state index contributed by atoms with van der Waals surface area (Å²) in [7, 11) is 0. The maximum Gasteiger partial charge on any atom is 0.330 e. The summed E-state index contributed by atoms with van der Waals surface area (Å²) in [6.07, 6.45) is -0.367. The summed E-state index contributed by atoms with van der Waals surface area (Å²) in [4.78, 5) is 33.5. The van der Waals surface area contributed by atoms with Crippen molar-refractivity contribution in [1.82, 2.24) is 5.32 Å². The lowest BCUT2D eigenvalue weighted by atomic mass is 10.1. The summed E-state index contributed by atoms with van der Waals surface area (Å²) in [5.41, 5.74) is 5.76. The molecule has 0 aromatic heterocycles. The highest BCUT2D eigenvalue weighted by atomic mass is 35.5. The number of aliphatic carboxylic acids is 2. The molecule has 0 saturated heterocycles. The minimum atomic E-state index is -1.35. The Balaban J connectivity index is 2.80. The van der Waals surface area contributed by atoms with Gasteiger partial charge in [-0.1, -0.05) is 29.8 Å². The monoisotopic (exact) mass is 314 g/mol. The molecular weight excluding hydrogens is 300 g/mol. The molecular formula is C13H15ClN2O5. The van der Waals surface area contributed by atoms with Crippen LogP contribution in [0.2, 0.25) is 5.02 Å². The SMILES string of the molecule is NC(CCC(=O)O)C(=O)N[C@@H](C(=O)O)c1ccccc1Cl. The number of carbonyl (C=O) groups is 3. The van der Waals surface area contributed by atoms with E-state index in [1.165, 1.54) is 12.1 Å². The van der Waals surface area contributed by atoms with Crippen LogP contribution in [0.4, 0.5) is 0 Å². The van der Waals surface area contributed by atoms with Crippen LogP contribution in [0.25, 0.3) is 0 Å². The number of nitrogens with two attached hydrogens (primary N) is 1. The minimum absolute atomic E-state index is 0.0873. The predicted molar refractivity (Wildman–Crippen MR) is 74.8 cm³/mol. The predicted octanol–water partition coefficient (Wildman–Crippen LogP) is 0.774. The molecule has 0 heterocycles.